The number of hydrogen-bond donors (Lipinski definition) is 0. The van der Waals surface area contributed by atoms with Gasteiger partial charge in [0.2, 0.25) is 0 Å². The van der Waals surface area contributed by atoms with Crippen molar-refractivity contribution in [2.24, 2.45) is 15.9 Å². The van der Waals surface area contributed by atoms with E-state index in [0.717, 1.165) is 5.71 Å². The molecule has 1 aliphatic rings. The van der Waals surface area contributed by atoms with Crippen LogP contribution in [0.4, 0.5) is 0 Å². The third-order valence-corrected chi connectivity index (χ3v) is 1.31. The standard InChI is InChI=1S/C7H11N2O/c1-5(2)6-4-8-7(9-6)10-3/h4-5H,1-3H3. The fraction of sp³-hybridized carbons (Fsp3) is 0.571. The average molecular weight is 139 g/mol. The fourth-order valence-corrected chi connectivity index (χ4v) is 0.666. The minimum atomic E-state index is 0.427. The molecule has 3 heteroatoms. The zero-order valence-corrected chi connectivity index (χ0v) is 6.46. The Bertz CT molecular complexity index is 172. The summed E-state index contributed by atoms with van der Waals surface area (Å²) in [5.74, 6) is 0.427. The third-order valence-electron chi connectivity index (χ3n) is 1.31. The van der Waals surface area contributed by atoms with Crippen molar-refractivity contribution >= 4 is 11.9 Å². The summed E-state index contributed by atoms with van der Waals surface area (Å²) in [4.78, 5) is 8.02. The molecule has 55 valence electrons. The second kappa shape index (κ2) is 2.92. The van der Waals surface area contributed by atoms with E-state index in [-0.39, 0.29) is 0 Å². The van der Waals surface area contributed by atoms with Crippen LogP contribution in [-0.2, 0) is 4.74 Å². The van der Waals surface area contributed by atoms with Gasteiger partial charge >= 0.3 is 6.35 Å². The molecule has 0 aromatic carbocycles. The third kappa shape index (κ3) is 1.42. The molecule has 0 fully saturated rings. The van der Waals surface area contributed by atoms with Crippen LogP contribution in [0.5, 0.6) is 0 Å². The van der Waals surface area contributed by atoms with Gasteiger partial charge in [0.25, 0.3) is 0 Å². The second-order valence-electron chi connectivity index (χ2n) is 2.44. The van der Waals surface area contributed by atoms with Crippen molar-refractivity contribution in [2.75, 3.05) is 7.11 Å². The lowest BCUT2D eigenvalue weighted by Gasteiger charge is -1.98. The Labute approximate surface area is 60.8 Å². The second-order valence-corrected chi connectivity index (χ2v) is 2.44. The molecule has 0 bridgehead atoms. The highest BCUT2D eigenvalue weighted by molar-refractivity contribution is 6.32. The summed E-state index contributed by atoms with van der Waals surface area (Å²) in [6.45, 7) is 4.15. The molecule has 1 aliphatic heterocycles. The van der Waals surface area contributed by atoms with E-state index in [4.69, 9.17) is 4.74 Å². The molecule has 0 aliphatic carbocycles. The van der Waals surface area contributed by atoms with Crippen LogP contribution >= 0.6 is 0 Å². The van der Waals surface area contributed by atoms with Crippen LogP contribution in [0.25, 0.3) is 0 Å². The van der Waals surface area contributed by atoms with Gasteiger partial charge in [-0.25, -0.2) is 9.98 Å². The Balaban J connectivity index is 2.59. The lowest BCUT2D eigenvalue weighted by atomic mass is 10.1. The molecule has 1 rings (SSSR count). The Morgan fingerprint density at radius 3 is 2.50 bits per heavy atom. The summed E-state index contributed by atoms with van der Waals surface area (Å²) >= 11 is 0. The van der Waals surface area contributed by atoms with E-state index in [0.29, 0.717) is 12.3 Å². The first-order chi connectivity index (χ1) is 4.74. The van der Waals surface area contributed by atoms with Gasteiger partial charge in [0.1, 0.15) is 0 Å². The highest BCUT2D eigenvalue weighted by Crippen LogP contribution is 2.12. The average Bonchev–Trinajstić information content (AvgIpc) is 2.34. The van der Waals surface area contributed by atoms with Crippen LogP contribution in [0.3, 0.4) is 0 Å². The molecule has 0 saturated heterocycles. The summed E-state index contributed by atoms with van der Waals surface area (Å²) in [6.07, 6.45) is 2.20. The van der Waals surface area contributed by atoms with Gasteiger partial charge in [-0.1, -0.05) is 13.8 Å². The predicted octanol–water partition coefficient (Wildman–Crippen LogP) is 1.26. The van der Waals surface area contributed by atoms with Crippen LogP contribution in [0.1, 0.15) is 13.8 Å². The SMILES string of the molecule is CO[C]1N=CC(C(C)C)=N1. The van der Waals surface area contributed by atoms with Crippen LogP contribution in [0.15, 0.2) is 9.98 Å². The summed E-state index contributed by atoms with van der Waals surface area (Å²) in [5.41, 5.74) is 0.983. The lowest BCUT2D eigenvalue weighted by Crippen LogP contribution is -2.05. The number of ether oxygens (including phenoxy) is 1. The Morgan fingerprint density at radius 2 is 2.20 bits per heavy atom. The van der Waals surface area contributed by atoms with Crippen LogP contribution in [0, 0.1) is 12.3 Å². The quantitative estimate of drug-likeness (QED) is 0.567. The maximum atomic E-state index is 4.82. The van der Waals surface area contributed by atoms with Gasteiger partial charge < -0.3 is 4.74 Å². The van der Waals surface area contributed by atoms with Crippen molar-refractivity contribution in [1.29, 1.82) is 0 Å². The first-order valence-corrected chi connectivity index (χ1v) is 3.27. The molecule has 0 spiro atoms. The molecular formula is C7H11N2O. The van der Waals surface area contributed by atoms with Crippen molar-refractivity contribution in [3.05, 3.63) is 6.35 Å². The molecule has 3 nitrogen and oxygen atoms in total. The van der Waals surface area contributed by atoms with Crippen molar-refractivity contribution in [3.8, 4) is 0 Å². The van der Waals surface area contributed by atoms with E-state index in [9.17, 15) is 0 Å². The molecule has 10 heavy (non-hydrogen) atoms. The van der Waals surface area contributed by atoms with Crippen LogP contribution < -0.4 is 0 Å². The predicted molar refractivity (Wildman–Crippen MR) is 41.0 cm³/mol. The Morgan fingerprint density at radius 1 is 1.50 bits per heavy atom. The first-order valence-electron chi connectivity index (χ1n) is 3.27. The first kappa shape index (κ1) is 7.41. The summed E-state index contributed by atoms with van der Waals surface area (Å²) in [7, 11) is 1.57. The van der Waals surface area contributed by atoms with Gasteiger partial charge in [-0.2, -0.15) is 0 Å². The van der Waals surface area contributed by atoms with Gasteiger partial charge in [0.05, 0.1) is 5.71 Å². The number of aliphatic imine (C=N–C) groups is 2. The van der Waals surface area contributed by atoms with E-state index >= 15 is 0 Å². The summed E-state index contributed by atoms with van der Waals surface area (Å²) in [6, 6.07) is 0. The molecule has 0 aromatic rings. The normalized spacial score (nSPS) is 18.6. The topological polar surface area (TPSA) is 34.0 Å². The monoisotopic (exact) mass is 139 g/mol. The maximum absolute atomic E-state index is 4.82. The molecule has 1 radical (unpaired) electrons. The molecule has 0 amide bonds. The summed E-state index contributed by atoms with van der Waals surface area (Å²) < 4.78 is 4.82. The van der Waals surface area contributed by atoms with E-state index in [2.05, 4.69) is 23.8 Å². The minimum Gasteiger partial charge on any atom is -0.333 e. The van der Waals surface area contributed by atoms with Gasteiger partial charge in [-0.05, 0) is 5.92 Å². The smallest absolute Gasteiger partial charge is 0.332 e. The van der Waals surface area contributed by atoms with Crippen LogP contribution in [-0.4, -0.2) is 19.0 Å². The number of methoxy groups -OCH3 is 1. The van der Waals surface area contributed by atoms with E-state index < -0.39 is 0 Å². The van der Waals surface area contributed by atoms with E-state index in [1.165, 1.54) is 0 Å². The minimum absolute atomic E-state index is 0.427. The number of nitrogens with zero attached hydrogens (tertiary/aromatic N) is 2. The zero-order valence-electron chi connectivity index (χ0n) is 6.46. The molecule has 0 unspecified atom stereocenters. The van der Waals surface area contributed by atoms with E-state index in [1.807, 2.05) is 0 Å². The molecular weight excluding hydrogens is 128 g/mol. The van der Waals surface area contributed by atoms with Gasteiger partial charge in [0.15, 0.2) is 0 Å². The Kier molecular flexibility index (Phi) is 2.17. The number of rotatable bonds is 2. The van der Waals surface area contributed by atoms with E-state index in [1.54, 1.807) is 13.3 Å². The molecule has 1 heterocycles. The highest BCUT2D eigenvalue weighted by Gasteiger charge is 2.14. The maximum Gasteiger partial charge on any atom is 0.332 e. The van der Waals surface area contributed by atoms with Crippen molar-refractivity contribution in [2.45, 2.75) is 13.8 Å². The number of hydrogen-bond acceptors (Lipinski definition) is 3. The molecule has 0 N–H and O–H groups in total. The lowest BCUT2D eigenvalue weighted by molar-refractivity contribution is 0.213. The van der Waals surface area contributed by atoms with Gasteiger partial charge in [-0.3, -0.25) is 0 Å². The molecule has 0 saturated carbocycles. The van der Waals surface area contributed by atoms with Gasteiger partial charge in [-0.15, -0.1) is 0 Å². The molecule has 0 aromatic heterocycles. The van der Waals surface area contributed by atoms with Crippen LogP contribution in [0.2, 0.25) is 0 Å². The Hall–Kier alpha value is -0.700. The highest BCUT2D eigenvalue weighted by atomic mass is 16.5. The molecule has 0 atom stereocenters. The van der Waals surface area contributed by atoms with Crippen molar-refractivity contribution in [3.63, 3.8) is 0 Å². The summed E-state index contributed by atoms with van der Waals surface area (Å²) in [5, 5.41) is 0. The van der Waals surface area contributed by atoms with Crippen molar-refractivity contribution in [1.82, 2.24) is 0 Å². The van der Waals surface area contributed by atoms with Crippen molar-refractivity contribution < 1.29 is 4.74 Å². The largest absolute Gasteiger partial charge is 0.333 e. The fourth-order valence-electron chi connectivity index (χ4n) is 0.666. The van der Waals surface area contributed by atoms with Gasteiger partial charge in [0, 0.05) is 13.3 Å². The zero-order chi connectivity index (χ0) is 7.56.